The third kappa shape index (κ3) is 2.43. The predicted octanol–water partition coefficient (Wildman–Crippen LogP) is 1.03. The minimum absolute atomic E-state index is 0.534. The number of hydrogen-bond donors (Lipinski definition) is 1. The van der Waals surface area contributed by atoms with Gasteiger partial charge in [-0.1, -0.05) is 0 Å². The van der Waals surface area contributed by atoms with Crippen molar-refractivity contribution in [2.45, 2.75) is 0 Å². The van der Waals surface area contributed by atoms with E-state index in [9.17, 15) is 0 Å². The molecule has 1 aromatic rings. The maximum atomic E-state index is 5.28. The van der Waals surface area contributed by atoms with Gasteiger partial charge in [0.1, 0.15) is 18.1 Å². The van der Waals surface area contributed by atoms with Crippen LogP contribution in [-0.2, 0) is 0 Å². The summed E-state index contributed by atoms with van der Waals surface area (Å²) in [7, 11) is 1.63. The van der Waals surface area contributed by atoms with Crippen molar-refractivity contribution in [3.8, 4) is 11.5 Å². The number of rotatable bonds is 4. The van der Waals surface area contributed by atoms with Crippen LogP contribution in [0.2, 0.25) is 0 Å². The molecule has 0 atom stereocenters. The van der Waals surface area contributed by atoms with E-state index >= 15 is 0 Å². The minimum atomic E-state index is 0.534. The molecule has 0 heterocycles. The molecule has 66 valence electrons. The molecule has 0 saturated heterocycles. The molecular formula is C9H13NO2. The molecule has 3 heteroatoms. The molecule has 12 heavy (non-hydrogen) atoms. The second-order valence-electron chi connectivity index (χ2n) is 2.31. The number of hydrogen-bond acceptors (Lipinski definition) is 3. The van der Waals surface area contributed by atoms with E-state index in [-0.39, 0.29) is 0 Å². The fraction of sp³-hybridized carbons (Fsp3) is 0.333. The number of ether oxygens (including phenoxy) is 2. The van der Waals surface area contributed by atoms with E-state index in [0.29, 0.717) is 13.2 Å². The van der Waals surface area contributed by atoms with Crippen LogP contribution < -0.4 is 15.2 Å². The van der Waals surface area contributed by atoms with Crippen LogP contribution in [-0.4, -0.2) is 20.3 Å². The average molecular weight is 167 g/mol. The van der Waals surface area contributed by atoms with Crippen molar-refractivity contribution >= 4 is 0 Å². The Morgan fingerprint density at radius 3 is 2.25 bits per heavy atom. The van der Waals surface area contributed by atoms with Crippen LogP contribution in [0.15, 0.2) is 24.3 Å². The summed E-state index contributed by atoms with van der Waals surface area (Å²) in [4.78, 5) is 0. The van der Waals surface area contributed by atoms with Gasteiger partial charge < -0.3 is 15.2 Å². The van der Waals surface area contributed by atoms with Gasteiger partial charge in [0, 0.05) is 6.54 Å². The van der Waals surface area contributed by atoms with E-state index in [4.69, 9.17) is 15.2 Å². The fourth-order valence-corrected chi connectivity index (χ4v) is 0.849. The molecule has 2 N–H and O–H groups in total. The maximum Gasteiger partial charge on any atom is 0.119 e. The number of methoxy groups -OCH3 is 1. The first-order valence-corrected chi connectivity index (χ1v) is 3.83. The second kappa shape index (κ2) is 4.62. The zero-order valence-electron chi connectivity index (χ0n) is 7.12. The summed E-state index contributed by atoms with van der Waals surface area (Å²) >= 11 is 0. The third-order valence-corrected chi connectivity index (χ3v) is 1.45. The van der Waals surface area contributed by atoms with Crippen LogP contribution >= 0.6 is 0 Å². The Bertz CT molecular complexity index is 220. The van der Waals surface area contributed by atoms with E-state index in [0.717, 1.165) is 11.5 Å². The van der Waals surface area contributed by atoms with Gasteiger partial charge in [-0.15, -0.1) is 0 Å². The van der Waals surface area contributed by atoms with Gasteiger partial charge in [0.25, 0.3) is 0 Å². The SMILES string of the molecule is COc1ccc(OCCN)cc1. The summed E-state index contributed by atoms with van der Waals surface area (Å²) in [5, 5.41) is 0. The van der Waals surface area contributed by atoms with Crippen molar-refractivity contribution < 1.29 is 9.47 Å². The standard InChI is InChI=1S/C9H13NO2/c1-11-8-2-4-9(5-3-8)12-7-6-10/h2-5H,6-7,10H2,1H3. The minimum Gasteiger partial charge on any atom is -0.497 e. The summed E-state index contributed by atoms with van der Waals surface area (Å²) in [5.41, 5.74) is 5.28. The van der Waals surface area contributed by atoms with Crippen LogP contribution in [0.4, 0.5) is 0 Å². The van der Waals surface area contributed by atoms with Gasteiger partial charge in [0.15, 0.2) is 0 Å². The monoisotopic (exact) mass is 167 g/mol. The molecule has 0 amide bonds. The number of nitrogens with two attached hydrogens (primary N) is 1. The molecule has 3 nitrogen and oxygen atoms in total. The van der Waals surface area contributed by atoms with E-state index in [1.165, 1.54) is 0 Å². The van der Waals surface area contributed by atoms with Crippen LogP contribution in [0.25, 0.3) is 0 Å². The summed E-state index contributed by atoms with van der Waals surface area (Å²) in [6, 6.07) is 7.42. The van der Waals surface area contributed by atoms with Gasteiger partial charge in [0.05, 0.1) is 7.11 Å². The zero-order valence-corrected chi connectivity index (χ0v) is 7.12. The van der Waals surface area contributed by atoms with Crippen LogP contribution in [0.1, 0.15) is 0 Å². The van der Waals surface area contributed by atoms with Gasteiger partial charge in [0.2, 0.25) is 0 Å². The van der Waals surface area contributed by atoms with Crippen molar-refractivity contribution in [3.63, 3.8) is 0 Å². The fourth-order valence-electron chi connectivity index (χ4n) is 0.849. The molecule has 0 radical (unpaired) electrons. The third-order valence-electron chi connectivity index (χ3n) is 1.45. The highest BCUT2D eigenvalue weighted by Crippen LogP contribution is 2.16. The number of benzene rings is 1. The normalized spacial score (nSPS) is 9.50. The Morgan fingerprint density at radius 1 is 1.17 bits per heavy atom. The van der Waals surface area contributed by atoms with Crippen LogP contribution in [0.5, 0.6) is 11.5 Å². The summed E-state index contributed by atoms with van der Waals surface area (Å²) in [5.74, 6) is 1.65. The quantitative estimate of drug-likeness (QED) is 0.728. The van der Waals surface area contributed by atoms with E-state index in [1.807, 2.05) is 24.3 Å². The maximum absolute atomic E-state index is 5.28. The molecule has 0 bridgehead atoms. The molecule has 0 aliphatic heterocycles. The Labute approximate surface area is 72.1 Å². The molecule has 0 fully saturated rings. The van der Waals surface area contributed by atoms with Crippen LogP contribution in [0.3, 0.4) is 0 Å². The molecule has 0 aliphatic rings. The first-order chi connectivity index (χ1) is 5.86. The average Bonchev–Trinajstić information content (AvgIpc) is 2.15. The predicted molar refractivity (Wildman–Crippen MR) is 47.5 cm³/mol. The highest BCUT2D eigenvalue weighted by Gasteiger charge is 1.92. The van der Waals surface area contributed by atoms with Gasteiger partial charge in [-0.05, 0) is 24.3 Å². The van der Waals surface area contributed by atoms with Crippen molar-refractivity contribution in [2.75, 3.05) is 20.3 Å². The van der Waals surface area contributed by atoms with Crippen molar-refractivity contribution in [3.05, 3.63) is 24.3 Å². The lowest BCUT2D eigenvalue weighted by atomic mass is 10.3. The highest BCUT2D eigenvalue weighted by atomic mass is 16.5. The first kappa shape index (κ1) is 8.87. The van der Waals surface area contributed by atoms with E-state index in [1.54, 1.807) is 7.11 Å². The topological polar surface area (TPSA) is 44.5 Å². The largest absolute Gasteiger partial charge is 0.497 e. The smallest absolute Gasteiger partial charge is 0.119 e. The van der Waals surface area contributed by atoms with Gasteiger partial charge in [-0.2, -0.15) is 0 Å². The first-order valence-electron chi connectivity index (χ1n) is 3.83. The molecular weight excluding hydrogens is 154 g/mol. The lowest BCUT2D eigenvalue weighted by Crippen LogP contribution is -2.10. The summed E-state index contributed by atoms with van der Waals surface area (Å²) in [6.07, 6.45) is 0. The van der Waals surface area contributed by atoms with Crippen molar-refractivity contribution in [1.29, 1.82) is 0 Å². The second-order valence-corrected chi connectivity index (χ2v) is 2.31. The molecule has 0 saturated carbocycles. The Hall–Kier alpha value is -1.22. The van der Waals surface area contributed by atoms with Crippen LogP contribution in [0, 0.1) is 0 Å². The van der Waals surface area contributed by atoms with Crippen molar-refractivity contribution in [1.82, 2.24) is 0 Å². The lowest BCUT2D eigenvalue weighted by molar-refractivity contribution is 0.327. The molecule has 0 aliphatic carbocycles. The summed E-state index contributed by atoms with van der Waals surface area (Å²) in [6.45, 7) is 1.08. The van der Waals surface area contributed by atoms with Gasteiger partial charge in [-0.25, -0.2) is 0 Å². The molecule has 0 aromatic heterocycles. The van der Waals surface area contributed by atoms with Gasteiger partial charge in [-0.3, -0.25) is 0 Å². The molecule has 0 unspecified atom stereocenters. The molecule has 1 rings (SSSR count). The Morgan fingerprint density at radius 2 is 1.75 bits per heavy atom. The Kier molecular flexibility index (Phi) is 3.41. The Balaban J connectivity index is 2.53. The lowest BCUT2D eigenvalue weighted by Gasteiger charge is -2.04. The van der Waals surface area contributed by atoms with E-state index in [2.05, 4.69) is 0 Å². The highest BCUT2D eigenvalue weighted by molar-refractivity contribution is 5.31. The van der Waals surface area contributed by atoms with Gasteiger partial charge >= 0.3 is 0 Å². The van der Waals surface area contributed by atoms with E-state index < -0.39 is 0 Å². The molecule has 0 spiro atoms. The summed E-state index contributed by atoms with van der Waals surface area (Å²) < 4.78 is 10.3. The van der Waals surface area contributed by atoms with Crippen molar-refractivity contribution in [2.24, 2.45) is 5.73 Å². The molecule has 1 aromatic carbocycles. The zero-order chi connectivity index (χ0) is 8.81.